The van der Waals surface area contributed by atoms with Gasteiger partial charge < -0.3 is 11.1 Å². The summed E-state index contributed by atoms with van der Waals surface area (Å²) in [5.74, 6) is -0.381. The number of primary amides is 1. The molecule has 1 atom stereocenters. The van der Waals surface area contributed by atoms with E-state index in [9.17, 15) is 4.79 Å². The Kier molecular flexibility index (Phi) is 3.61. The lowest BCUT2D eigenvalue weighted by atomic mass is 10.2. The van der Waals surface area contributed by atoms with Crippen LogP contribution in [-0.2, 0) is 4.79 Å². The first-order chi connectivity index (χ1) is 6.13. The number of nitrogens with one attached hydrogen (secondary N) is 1. The van der Waals surface area contributed by atoms with Gasteiger partial charge in [0.15, 0.2) is 3.92 Å². The highest BCUT2D eigenvalue weighted by Crippen LogP contribution is 2.20. The number of carbonyl (C=O) groups excluding carboxylic acids is 1. The van der Waals surface area contributed by atoms with Crippen molar-refractivity contribution in [3.05, 3.63) is 3.92 Å². The van der Waals surface area contributed by atoms with Crippen LogP contribution in [0.4, 0.5) is 5.13 Å². The van der Waals surface area contributed by atoms with Crippen molar-refractivity contribution in [1.82, 2.24) is 10.2 Å². The molecule has 13 heavy (non-hydrogen) atoms. The van der Waals surface area contributed by atoms with Gasteiger partial charge in [0.05, 0.1) is 0 Å². The normalized spacial score (nSPS) is 12.5. The second-order valence-electron chi connectivity index (χ2n) is 2.37. The van der Waals surface area contributed by atoms with Crippen LogP contribution in [-0.4, -0.2) is 22.1 Å². The largest absolute Gasteiger partial charge is 0.368 e. The van der Waals surface area contributed by atoms with Crippen LogP contribution in [0.2, 0.25) is 0 Å². The number of anilines is 1. The van der Waals surface area contributed by atoms with Crippen molar-refractivity contribution in [3.8, 4) is 0 Å². The topological polar surface area (TPSA) is 80.9 Å². The summed E-state index contributed by atoms with van der Waals surface area (Å²) in [5, 5.41) is 11.0. The molecule has 0 radical (unpaired) electrons. The van der Waals surface area contributed by atoms with Gasteiger partial charge in [-0.3, -0.25) is 4.79 Å². The highest BCUT2D eigenvalue weighted by atomic mass is 79.9. The van der Waals surface area contributed by atoms with Crippen LogP contribution in [0.1, 0.15) is 13.3 Å². The van der Waals surface area contributed by atoms with Gasteiger partial charge in [0, 0.05) is 0 Å². The molecule has 0 saturated carbocycles. The molecule has 72 valence electrons. The molecular formula is C6H9BrN4OS. The van der Waals surface area contributed by atoms with Gasteiger partial charge in [-0.15, -0.1) is 10.2 Å². The van der Waals surface area contributed by atoms with E-state index in [2.05, 4.69) is 31.4 Å². The predicted octanol–water partition coefficient (Wildman–Crippen LogP) is 0.976. The molecule has 1 aromatic rings. The highest BCUT2D eigenvalue weighted by Gasteiger charge is 2.14. The first-order valence-corrected chi connectivity index (χ1v) is 5.29. The third-order valence-corrected chi connectivity index (χ3v) is 2.74. The minimum atomic E-state index is -0.381. The Morgan fingerprint density at radius 1 is 1.77 bits per heavy atom. The number of carbonyl (C=O) groups is 1. The summed E-state index contributed by atoms with van der Waals surface area (Å²) >= 11 is 4.49. The first kappa shape index (κ1) is 10.4. The summed E-state index contributed by atoms with van der Waals surface area (Å²) in [6, 6.07) is -0.375. The van der Waals surface area contributed by atoms with Crippen molar-refractivity contribution < 1.29 is 4.79 Å². The first-order valence-electron chi connectivity index (χ1n) is 3.68. The SMILES string of the molecule is CCC(Nc1nnc(Br)s1)C(N)=O. The van der Waals surface area contributed by atoms with E-state index < -0.39 is 0 Å². The Morgan fingerprint density at radius 3 is 2.85 bits per heavy atom. The summed E-state index contributed by atoms with van der Waals surface area (Å²) in [6.45, 7) is 1.87. The zero-order valence-electron chi connectivity index (χ0n) is 6.95. The number of aromatic nitrogens is 2. The molecule has 1 heterocycles. The Balaban J connectivity index is 2.61. The van der Waals surface area contributed by atoms with Crippen LogP contribution >= 0.6 is 27.3 Å². The van der Waals surface area contributed by atoms with E-state index in [-0.39, 0.29) is 11.9 Å². The standard InChI is InChI=1S/C6H9BrN4OS/c1-2-3(4(8)12)9-6-11-10-5(7)13-6/h3H,2H2,1H3,(H2,8,12)(H,9,11). The Morgan fingerprint density at radius 2 is 2.46 bits per heavy atom. The summed E-state index contributed by atoms with van der Waals surface area (Å²) in [4.78, 5) is 10.8. The maximum atomic E-state index is 10.8. The fourth-order valence-electron chi connectivity index (χ4n) is 0.787. The molecule has 0 aliphatic carbocycles. The lowest BCUT2D eigenvalue weighted by Crippen LogP contribution is -2.34. The molecule has 5 nitrogen and oxygen atoms in total. The quantitative estimate of drug-likeness (QED) is 0.850. The molecule has 0 aromatic carbocycles. The van der Waals surface area contributed by atoms with E-state index in [0.29, 0.717) is 15.5 Å². The average Bonchev–Trinajstić information content (AvgIpc) is 2.46. The molecule has 0 aliphatic rings. The van der Waals surface area contributed by atoms with Gasteiger partial charge in [0.25, 0.3) is 0 Å². The van der Waals surface area contributed by atoms with E-state index >= 15 is 0 Å². The fraction of sp³-hybridized carbons (Fsp3) is 0.500. The minimum absolute atomic E-state index is 0.375. The van der Waals surface area contributed by atoms with Gasteiger partial charge in [-0.05, 0) is 22.4 Å². The molecule has 1 amide bonds. The Hall–Kier alpha value is -0.690. The summed E-state index contributed by atoms with van der Waals surface area (Å²) in [5.41, 5.74) is 5.15. The maximum absolute atomic E-state index is 10.8. The molecule has 0 spiro atoms. The summed E-state index contributed by atoms with van der Waals surface area (Å²) < 4.78 is 0.675. The van der Waals surface area contributed by atoms with Crippen molar-refractivity contribution in [2.24, 2.45) is 5.73 Å². The van der Waals surface area contributed by atoms with Crippen molar-refractivity contribution in [2.45, 2.75) is 19.4 Å². The third kappa shape index (κ3) is 2.92. The fourth-order valence-corrected chi connectivity index (χ4v) is 1.85. The number of rotatable bonds is 4. The molecule has 0 aliphatic heterocycles. The number of halogens is 1. The molecule has 7 heteroatoms. The molecule has 0 bridgehead atoms. The van der Waals surface area contributed by atoms with Crippen LogP contribution in [0, 0.1) is 0 Å². The van der Waals surface area contributed by atoms with Crippen LogP contribution in [0.25, 0.3) is 0 Å². The van der Waals surface area contributed by atoms with E-state index in [1.54, 1.807) is 0 Å². The molecule has 1 rings (SSSR count). The van der Waals surface area contributed by atoms with Crippen LogP contribution in [0.15, 0.2) is 3.92 Å². The van der Waals surface area contributed by atoms with E-state index in [0.717, 1.165) is 0 Å². The van der Waals surface area contributed by atoms with Crippen molar-refractivity contribution >= 4 is 38.3 Å². The van der Waals surface area contributed by atoms with Gasteiger partial charge >= 0.3 is 0 Å². The molecule has 0 fully saturated rings. The van der Waals surface area contributed by atoms with Crippen molar-refractivity contribution in [3.63, 3.8) is 0 Å². The lowest BCUT2D eigenvalue weighted by molar-refractivity contribution is -0.118. The number of amides is 1. The van der Waals surface area contributed by atoms with Crippen molar-refractivity contribution in [1.29, 1.82) is 0 Å². The number of nitrogens with zero attached hydrogens (tertiary/aromatic N) is 2. The zero-order chi connectivity index (χ0) is 9.84. The lowest BCUT2D eigenvalue weighted by Gasteiger charge is -2.10. The van der Waals surface area contributed by atoms with Crippen LogP contribution < -0.4 is 11.1 Å². The third-order valence-electron chi connectivity index (χ3n) is 1.45. The minimum Gasteiger partial charge on any atom is -0.368 e. The van der Waals surface area contributed by atoms with E-state index in [4.69, 9.17) is 5.73 Å². The second kappa shape index (κ2) is 4.52. The van der Waals surface area contributed by atoms with Gasteiger partial charge in [-0.1, -0.05) is 18.3 Å². The molecule has 1 aromatic heterocycles. The average molecular weight is 265 g/mol. The van der Waals surface area contributed by atoms with Gasteiger partial charge in [-0.2, -0.15) is 0 Å². The highest BCUT2D eigenvalue weighted by molar-refractivity contribution is 9.11. The molecule has 1 unspecified atom stereocenters. The van der Waals surface area contributed by atoms with Crippen LogP contribution in [0.3, 0.4) is 0 Å². The van der Waals surface area contributed by atoms with Gasteiger partial charge in [0.1, 0.15) is 6.04 Å². The monoisotopic (exact) mass is 264 g/mol. The zero-order valence-corrected chi connectivity index (χ0v) is 9.35. The summed E-state index contributed by atoms with van der Waals surface area (Å²) in [6.07, 6.45) is 0.631. The smallest absolute Gasteiger partial charge is 0.239 e. The number of nitrogens with two attached hydrogens (primary N) is 1. The Bertz CT molecular complexity index is 303. The Labute approximate surface area is 87.9 Å². The molecule has 0 saturated heterocycles. The second-order valence-corrected chi connectivity index (χ2v) is 4.62. The van der Waals surface area contributed by atoms with Crippen LogP contribution in [0.5, 0.6) is 0 Å². The van der Waals surface area contributed by atoms with E-state index in [1.807, 2.05) is 6.92 Å². The molecule has 3 N–H and O–H groups in total. The van der Waals surface area contributed by atoms with Gasteiger partial charge in [0.2, 0.25) is 11.0 Å². The number of hydrogen-bond donors (Lipinski definition) is 2. The summed E-state index contributed by atoms with van der Waals surface area (Å²) in [7, 11) is 0. The van der Waals surface area contributed by atoms with E-state index in [1.165, 1.54) is 11.3 Å². The maximum Gasteiger partial charge on any atom is 0.239 e. The van der Waals surface area contributed by atoms with Gasteiger partial charge in [-0.25, -0.2) is 0 Å². The predicted molar refractivity (Wildman–Crippen MR) is 54.5 cm³/mol. The number of hydrogen-bond acceptors (Lipinski definition) is 5. The molecular weight excluding hydrogens is 256 g/mol. The van der Waals surface area contributed by atoms with Crippen molar-refractivity contribution in [2.75, 3.05) is 5.32 Å².